The molecule has 1 unspecified atom stereocenters. The number of amides is 1. The molecule has 108 valence electrons. The molecule has 1 aliphatic carbocycles. The fraction of sp³-hybridized carbons (Fsp3) is 0.438. The number of carbonyl (C=O) groups excluding carboxylic acids is 1. The van der Waals surface area contributed by atoms with Crippen molar-refractivity contribution in [3.05, 3.63) is 42.0 Å². The van der Waals surface area contributed by atoms with E-state index in [4.69, 9.17) is 4.74 Å². The summed E-state index contributed by atoms with van der Waals surface area (Å²) in [5.74, 6) is 0.708. The Labute approximate surface area is 120 Å². The van der Waals surface area contributed by atoms with E-state index in [1.807, 2.05) is 19.2 Å². The van der Waals surface area contributed by atoms with Gasteiger partial charge in [0.1, 0.15) is 5.75 Å². The van der Waals surface area contributed by atoms with Crippen molar-refractivity contribution in [3.8, 4) is 5.75 Å². The van der Waals surface area contributed by atoms with Gasteiger partial charge in [-0.3, -0.25) is 4.79 Å². The highest BCUT2D eigenvalue weighted by Gasteiger charge is 2.21. The topological polar surface area (TPSA) is 50.4 Å². The summed E-state index contributed by atoms with van der Waals surface area (Å²) < 4.78 is 5.68. The van der Waals surface area contributed by atoms with Crippen LogP contribution in [0.15, 0.2) is 30.9 Å². The fourth-order valence-corrected chi connectivity index (χ4v) is 2.63. The van der Waals surface area contributed by atoms with E-state index in [9.17, 15) is 4.79 Å². The first-order valence-electron chi connectivity index (χ1n) is 7.05. The van der Waals surface area contributed by atoms with Crippen LogP contribution in [0.1, 0.15) is 30.0 Å². The summed E-state index contributed by atoms with van der Waals surface area (Å²) in [6, 6.07) is 6.46. The number of carbonyl (C=O) groups is 1. The second kappa shape index (κ2) is 7.10. The quantitative estimate of drug-likeness (QED) is 0.780. The van der Waals surface area contributed by atoms with Gasteiger partial charge < -0.3 is 15.4 Å². The Morgan fingerprint density at radius 1 is 1.55 bits per heavy atom. The zero-order valence-electron chi connectivity index (χ0n) is 11.9. The van der Waals surface area contributed by atoms with Crippen LogP contribution in [0.25, 0.3) is 0 Å². The highest BCUT2D eigenvalue weighted by atomic mass is 16.5. The minimum absolute atomic E-state index is 0.0501. The number of rotatable bonds is 6. The lowest BCUT2D eigenvalue weighted by Gasteiger charge is -2.26. The molecule has 0 bridgehead atoms. The highest BCUT2D eigenvalue weighted by molar-refractivity contribution is 5.77. The van der Waals surface area contributed by atoms with Gasteiger partial charge in [-0.05, 0) is 43.5 Å². The molecule has 1 amide bonds. The third-order valence-corrected chi connectivity index (χ3v) is 3.62. The van der Waals surface area contributed by atoms with E-state index in [0.717, 1.165) is 25.0 Å². The molecule has 20 heavy (non-hydrogen) atoms. The maximum atomic E-state index is 11.6. The zero-order valence-corrected chi connectivity index (χ0v) is 11.9. The molecule has 0 aromatic heterocycles. The predicted molar refractivity (Wildman–Crippen MR) is 79.9 cm³/mol. The lowest BCUT2D eigenvalue weighted by molar-refractivity contribution is -0.122. The molecule has 0 heterocycles. The average molecular weight is 274 g/mol. The Morgan fingerprint density at radius 2 is 2.40 bits per heavy atom. The van der Waals surface area contributed by atoms with Gasteiger partial charge in [0.25, 0.3) is 5.91 Å². The SMILES string of the molecule is C=CCNC(=O)COc1cccc2c1CCCC2NC. The first kappa shape index (κ1) is 14.6. The molecule has 0 spiro atoms. The smallest absolute Gasteiger partial charge is 0.258 e. The molecule has 1 atom stereocenters. The lowest BCUT2D eigenvalue weighted by Crippen LogP contribution is -2.29. The molecule has 1 aromatic rings. The van der Waals surface area contributed by atoms with Gasteiger partial charge in [0.2, 0.25) is 0 Å². The molecule has 4 heteroatoms. The second-order valence-electron chi connectivity index (χ2n) is 4.94. The van der Waals surface area contributed by atoms with Crippen LogP contribution >= 0.6 is 0 Å². The molecule has 0 aliphatic heterocycles. The number of hydrogen-bond donors (Lipinski definition) is 2. The maximum Gasteiger partial charge on any atom is 0.258 e. The zero-order chi connectivity index (χ0) is 14.4. The molecule has 0 saturated carbocycles. The van der Waals surface area contributed by atoms with Crippen molar-refractivity contribution in [2.45, 2.75) is 25.3 Å². The molecule has 1 aliphatic rings. The summed E-state index contributed by atoms with van der Waals surface area (Å²) in [4.78, 5) is 11.6. The van der Waals surface area contributed by atoms with Crippen molar-refractivity contribution >= 4 is 5.91 Å². The Bertz CT molecular complexity index is 485. The summed E-state index contributed by atoms with van der Waals surface area (Å²) in [6.45, 7) is 4.08. The van der Waals surface area contributed by atoms with Gasteiger partial charge in [0.15, 0.2) is 6.61 Å². The van der Waals surface area contributed by atoms with Gasteiger partial charge in [-0.25, -0.2) is 0 Å². The minimum Gasteiger partial charge on any atom is -0.483 e. The fourth-order valence-electron chi connectivity index (χ4n) is 2.63. The number of ether oxygens (including phenoxy) is 1. The van der Waals surface area contributed by atoms with Crippen molar-refractivity contribution in [1.29, 1.82) is 0 Å². The van der Waals surface area contributed by atoms with E-state index in [2.05, 4.69) is 23.3 Å². The molecule has 2 N–H and O–H groups in total. The lowest BCUT2D eigenvalue weighted by atomic mass is 9.87. The largest absolute Gasteiger partial charge is 0.483 e. The monoisotopic (exact) mass is 274 g/mol. The average Bonchev–Trinajstić information content (AvgIpc) is 2.50. The van der Waals surface area contributed by atoms with E-state index < -0.39 is 0 Å². The first-order valence-corrected chi connectivity index (χ1v) is 7.05. The third kappa shape index (κ3) is 3.39. The van der Waals surface area contributed by atoms with E-state index in [1.165, 1.54) is 11.1 Å². The number of hydrogen-bond acceptors (Lipinski definition) is 3. The van der Waals surface area contributed by atoms with Crippen LogP contribution in [0.3, 0.4) is 0 Å². The van der Waals surface area contributed by atoms with Gasteiger partial charge in [0.05, 0.1) is 0 Å². The van der Waals surface area contributed by atoms with Crippen molar-refractivity contribution in [2.24, 2.45) is 0 Å². The summed E-state index contributed by atoms with van der Waals surface area (Å²) >= 11 is 0. The first-order chi connectivity index (χ1) is 9.76. The summed E-state index contributed by atoms with van der Waals surface area (Å²) in [6.07, 6.45) is 4.95. The van der Waals surface area contributed by atoms with Crippen molar-refractivity contribution in [2.75, 3.05) is 20.2 Å². The molecule has 1 aromatic carbocycles. The second-order valence-corrected chi connectivity index (χ2v) is 4.94. The number of nitrogens with one attached hydrogen (secondary N) is 2. The summed E-state index contributed by atoms with van der Waals surface area (Å²) in [5.41, 5.74) is 2.53. The Morgan fingerprint density at radius 3 is 3.15 bits per heavy atom. The minimum atomic E-state index is -0.122. The van der Waals surface area contributed by atoms with Crippen LogP contribution in [0.5, 0.6) is 5.75 Å². The molecule has 4 nitrogen and oxygen atoms in total. The Hall–Kier alpha value is -1.81. The van der Waals surface area contributed by atoms with Crippen LogP contribution in [-0.4, -0.2) is 26.1 Å². The van der Waals surface area contributed by atoms with E-state index in [-0.39, 0.29) is 12.5 Å². The number of fused-ring (bicyclic) bond motifs is 1. The van der Waals surface area contributed by atoms with Crippen LogP contribution in [0.2, 0.25) is 0 Å². The standard InChI is InChI=1S/C16H22N2O2/c1-3-10-18-16(19)11-20-15-9-5-6-12-13(15)7-4-8-14(12)17-2/h3,5-6,9,14,17H,1,4,7-8,10-11H2,2H3,(H,18,19). The van der Waals surface area contributed by atoms with Crippen LogP contribution in [0, 0.1) is 0 Å². The van der Waals surface area contributed by atoms with Gasteiger partial charge in [-0.2, -0.15) is 0 Å². The summed E-state index contributed by atoms with van der Waals surface area (Å²) in [5, 5.41) is 6.04. The molecular weight excluding hydrogens is 252 g/mol. The molecule has 0 fully saturated rings. The van der Waals surface area contributed by atoms with E-state index in [0.29, 0.717) is 12.6 Å². The Kier molecular flexibility index (Phi) is 5.18. The van der Waals surface area contributed by atoms with Crippen molar-refractivity contribution in [1.82, 2.24) is 10.6 Å². The van der Waals surface area contributed by atoms with Crippen molar-refractivity contribution in [3.63, 3.8) is 0 Å². The highest BCUT2D eigenvalue weighted by Crippen LogP contribution is 2.34. The molecule has 2 rings (SSSR count). The van der Waals surface area contributed by atoms with Gasteiger partial charge in [-0.15, -0.1) is 6.58 Å². The van der Waals surface area contributed by atoms with Gasteiger partial charge >= 0.3 is 0 Å². The van der Waals surface area contributed by atoms with Crippen LogP contribution < -0.4 is 15.4 Å². The van der Waals surface area contributed by atoms with E-state index >= 15 is 0 Å². The maximum absolute atomic E-state index is 11.6. The van der Waals surface area contributed by atoms with Crippen LogP contribution in [0.4, 0.5) is 0 Å². The molecule has 0 saturated heterocycles. The summed E-state index contributed by atoms with van der Waals surface area (Å²) in [7, 11) is 1.98. The number of benzene rings is 1. The predicted octanol–water partition coefficient (Wildman–Crippen LogP) is 1.96. The van der Waals surface area contributed by atoms with E-state index in [1.54, 1.807) is 6.08 Å². The van der Waals surface area contributed by atoms with Crippen LogP contribution in [-0.2, 0) is 11.2 Å². The Balaban J connectivity index is 2.05. The third-order valence-electron chi connectivity index (χ3n) is 3.62. The van der Waals surface area contributed by atoms with Gasteiger partial charge in [0, 0.05) is 12.6 Å². The van der Waals surface area contributed by atoms with Crippen molar-refractivity contribution < 1.29 is 9.53 Å². The normalized spacial score (nSPS) is 17.1. The molecular formula is C16H22N2O2. The van der Waals surface area contributed by atoms with Gasteiger partial charge in [-0.1, -0.05) is 18.2 Å². The molecule has 0 radical (unpaired) electrons.